The first-order valence-corrected chi connectivity index (χ1v) is 7.88. The molecule has 1 aromatic carbocycles. The van der Waals surface area contributed by atoms with Crippen molar-refractivity contribution in [1.29, 1.82) is 0 Å². The fourth-order valence-corrected chi connectivity index (χ4v) is 3.46. The molecule has 0 bridgehead atoms. The van der Waals surface area contributed by atoms with Crippen molar-refractivity contribution in [3.63, 3.8) is 0 Å². The van der Waals surface area contributed by atoms with Gasteiger partial charge in [0.25, 0.3) is 0 Å². The summed E-state index contributed by atoms with van der Waals surface area (Å²) in [5, 5.41) is 4.59. The van der Waals surface area contributed by atoms with Crippen molar-refractivity contribution in [3.05, 3.63) is 35.4 Å². The largest absolute Gasteiger partial charge is 0.310 e. The topological polar surface area (TPSA) is 12.0 Å². The van der Waals surface area contributed by atoms with E-state index < -0.39 is 0 Å². The van der Waals surface area contributed by atoms with E-state index in [1.165, 1.54) is 36.8 Å². The molecule has 1 fully saturated rings. The molecule has 0 aliphatic heterocycles. The zero-order chi connectivity index (χ0) is 12.1. The molecule has 2 atom stereocenters. The predicted molar refractivity (Wildman–Crippen MR) is 77.6 cm³/mol. The van der Waals surface area contributed by atoms with E-state index in [4.69, 9.17) is 0 Å². The molecule has 0 aromatic heterocycles. The van der Waals surface area contributed by atoms with E-state index in [-0.39, 0.29) is 0 Å². The minimum Gasteiger partial charge on any atom is -0.310 e. The average molecular weight is 249 g/mol. The van der Waals surface area contributed by atoms with Gasteiger partial charge in [-0.25, -0.2) is 0 Å². The first kappa shape index (κ1) is 13.0. The van der Waals surface area contributed by atoms with Gasteiger partial charge in [0.2, 0.25) is 0 Å². The van der Waals surface area contributed by atoms with Gasteiger partial charge in [-0.2, -0.15) is 11.8 Å². The van der Waals surface area contributed by atoms with Crippen LogP contribution in [0.15, 0.2) is 24.3 Å². The van der Waals surface area contributed by atoms with Crippen molar-refractivity contribution in [2.45, 2.75) is 50.4 Å². The molecular weight excluding hydrogens is 226 g/mol. The molecule has 2 rings (SSSR count). The Bertz CT molecular complexity index is 351. The lowest BCUT2D eigenvalue weighted by molar-refractivity contribution is 0.380. The van der Waals surface area contributed by atoms with E-state index in [1.54, 1.807) is 0 Å². The van der Waals surface area contributed by atoms with Crippen molar-refractivity contribution < 1.29 is 0 Å². The van der Waals surface area contributed by atoms with Crippen LogP contribution in [0.5, 0.6) is 0 Å². The molecule has 1 aliphatic rings. The fourth-order valence-electron chi connectivity index (χ4n) is 2.63. The lowest BCUT2D eigenvalue weighted by atomic mass is 9.95. The Kier molecular flexibility index (Phi) is 4.93. The molecule has 1 N–H and O–H groups in total. The van der Waals surface area contributed by atoms with Crippen molar-refractivity contribution in [1.82, 2.24) is 5.32 Å². The average Bonchev–Trinajstić information content (AvgIpc) is 2.37. The van der Waals surface area contributed by atoms with E-state index >= 15 is 0 Å². The number of aryl methyl sites for hydroxylation is 1. The summed E-state index contributed by atoms with van der Waals surface area (Å²) in [6, 6.07) is 9.53. The minimum atomic E-state index is 0.724. The highest BCUT2D eigenvalue weighted by Crippen LogP contribution is 2.27. The molecular formula is C15H23NS. The molecule has 1 saturated carbocycles. The van der Waals surface area contributed by atoms with Gasteiger partial charge in [-0.05, 0) is 38.0 Å². The van der Waals surface area contributed by atoms with Gasteiger partial charge in [0.05, 0.1) is 0 Å². The summed E-state index contributed by atoms with van der Waals surface area (Å²) in [4.78, 5) is 0. The molecule has 0 heterocycles. The molecule has 2 unspecified atom stereocenters. The van der Waals surface area contributed by atoms with Gasteiger partial charge in [-0.3, -0.25) is 0 Å². The van der Waals surface area contributed by atoms with Gasteiger partial charge in [-0.15, -0.1) is 0 Å². The van der Waals surface area contributed by atoms with Gasteiger partial charge in [0, 0.05) is 17.8 Å². The lowest BCUT2D eigenvalue weighted by Crippen LogP contribution is -2.34. The first-order valence-electron chi connectivity index (χ1n) is 6.59. The van der Waals surface area contributed by atoms with Crippen LogP contribution in [-0.4, -0.2) is 17.5 Å². The first-order chi connectivity index (χ1) is 8.28. The SMILES string of the molecule is CSC1CCCC(NCc2cccc(C)c2)C1. The molecule has 0 radical (unpaired) electrons. The van der Waals surface area contributed by atoms with Gasteiger partial charge < -0.3 is 5.32 Å². The summed E-state index contributed by atoms with van der Waals surface area (Å²) in [6.07, 6.45) is 7.73. The van der Waals surface area contributed by atoms with Gasteiger partial charge >= 0.3 is 0 Å². The number of rotatable bonds is 4. The Labute approximate surface area is 109 Å². The third-order valence-corrected chi connectivity index (χ3v) is 4.73. The second-order valence-electron chi connectivity index (χ2n) is 5.09. The maximum atomic E-state index is 3.72. The Morgan fingerprint density at radius 1 is 1.35 bits per heavy atom. The van der Waals surface area contributed by atoms with Crippen LogP contribution in [0.3, 0.4) is 0 Å². The normalized spacial score (nSPS) is 24.8. The minimum absolute atomic E-state index is 0.724. The molecule has 0 saturated heterocycles. The summed E-state index contributed by atoms with van der Waals surface area (Å²) >= 11 is 2.03. The quantitative estimate of drug-likeness (QED) is 0.872. The van der Waals surface area contributed by atoms with Crippen LogP contribution in [0.1, 0.15) is 36.8 Å². The van der Waals surface area contributed by atoms with Crippen molar-refractivity contribution >= 4 is 11.8 Å². The Morgan fingerprint density at radius 2 is 2.24 bits per heavy atom. The smallest absolute Gasteiger partial charge is 0.0208 e. The third kappa shape index (κ3) is 4.04. The number of thioether (sulfide) groups is 1. The van der Waals surface area contributed by atoms with Crippen molar-refractivity contribution in [2.75, 3.05) is 6.26 Å². The summed E-state index contributed by atoms with van der Waals surface area (Å²) in [5.41, 5.74) is 2.77. The van der Waals surface area contributed by atoms with Gasteiger partial charge in [0.15, 0.2) is 0 Å². The van der Waals surface area contributed by atoms with E-state index in [2.05, 4.69) is 42.8 Å². The number of hydrogen-bond donors (Lipinski definition) is 1. The standard InChI is InChI=1S/C15H23NS/c1-12-5-3-6-13(9-12)11-16-14-7-4-8-15(10-14)17-2/h3,5-6,9,14-16H,4,7-8,10-11H2,1-2H3. The summed E-state index contributed by atoms with van der Waals surface area (Å²) in [5.74, 6) is 0. The molecule has 1 nitrogen and oxygen atoms in total. The molecule has 94 valence electrons. The second kappa shape index (κ2) is 6.46. The molecule has 0 spiro atoms. The van der Waals surface area contributed by atoms with Crippen LogP contribution < -0.4 is 5.32 Å². The van der Waals surface area contributed by atoms with Crippen LogP contribution in [0.4, 0.5) is 0 Å². The second-order valence-corrected chi connectivity index (χ2v) is 6.23. The summed E-state index contributed by atoms with van der Waals surface area (Å²) < 4.78 is 0. The predicted octanol–water partition coefficient (Wildman–Crippen LogP) is 3.76. The highest BCUT2D eigenvalue weighted by molar-refractivity contribution is 7.99. The van der Waals surface area contributed by atoms with Crippen LogP contribution in [-0.2, 0) is 6.54 Å². The van der Waals surface area contributed by atoms with Gasteiger partial charge in [-0.1, -0.05) is 36.2 Å². The molecule has 17 heavy (non-hydrogen) atoms. The van der Waals surface area contributed by atoms with Crippen LogP contribution in [0, 0.1) is 6.92 Å². The van der Waals surface area contributed by atoms with Crippen molar-refractivity contribution in [2.24, 2.45) is 0 Å². The Hall–Kier alpha value is -0.470. The molecule has 2 heteroatoms. The number of nitrogens with one attached hydrogen (secondary N) is 1. The maximum Gasteiger partial charge on any atom is 0.0208 e. The molecule has 0 amide bonds. The molecule has 1 aromatic rings. The monoisotopic (exact) mass is 249 g/mol. The third-order valence-electron chi connectivity index (χ3n) is 3.64. The Balaban J connectivity index is 1.81. The van der Waals surface area contributed by atoms with Crippen LogP contribution in [0.2, 0.25) is 0 Å². The number of hydrogen-bond acceptors (Lipinski definition) is 2. The van der Waals surface area contributed by atoms with Crippen LogP contribution >= 0.6 is 11.8 Å². The summed E-state index contributed by atoms with van der Waals surface area (Å²) in [7, 11) is 0. The van der Waals surface area contributed by atoms with E-state index in [0.29, 0.717) is 0 Å². The molecule has 1 aliphatic carbocycles. The Morgan fingerprint density at radius 3 is 3.00 bits per heavy atom. The summed E-state index contributed by atoms with van der Waals surface area (Å²) in [6.45, 7) is 3.18. The highest BCUT2D eigenvalue weighted by atomic mass is 32.2. The zero-order valence-electron chi connectivity index (χ0n) is 10.9. The number of benzene rings is 1. The fraction of sp³-hybridized carbons (Fsp3) is 0.600. The van der Waals surface area contributed by atoms with Crippen molar-refractivity contribution in [3.8, 4) is 0 Å². The zero-order valence-corrected chi connectivity index (χ0v) is 11.7. The maximum absolute atomic E-state index is 3.72. The van der Waals surface area contributed by atoms with E-state index in [0.717, 1.165) is 17.8 Å². The lowest BCUT2D eigenvalue weighted by Gasteiger charge is -2.28. The van der Waals surface area contributed by atoms with Crippen LogP contribution in [0.25, 0.3) is 0 Å². The van der Waals surface area contributed by atoms with Gasteiger partial charge in [0.1, 0.15) is 0 Å². The highest BCUT2D eigenvalue weighted by Gasteiger charge is 2.20. The van der Waals surface area contributed by atoms with E-state index in [9.17, 15) is 0 Å². The van der Waals surface area contributed by atoms with E-state index in [1.807, 2.05) is 11.8 Å².